The molecule has 1 fully saturated rings. The summed E-state index contributed by atoms with van der Waals surface area (Å²) in [6.45, 7) is 2.36. The van der Waals surface area contributed by atoms with Crippen LogP contribution in [0.25, 0.3) is 0 Å². The standard InChI is InChI=1S/C13H18N2O5/c1-9(15-12(17)10-3-2-5-20-10)11(16)14-7-13(18)4-6-19-8-13/h2-3,5,9,18H,4,6-8H2,1H3,(H,14,16)(H,15,17). The third kappa shape index (κ3) is 3.58. The quantitative estimate of drug-likeness (QED) is 0.686. The lowest BCUT2D eigenvalue weighted by molar-refractivity contribution is -0.123. The Kier molecular flexibility index (Phi) is 4.41. The second-order valence-corrected chi connectivity index (χ2v) is 4.92. The van der Waals surface area contributed by atoms with Gasteiger partial charge >= 0.3 is 0 Å². The van der Waals surface area contributed by atoms with Crippen molar-refractivity contribution in [1.82, 2.24) is 10.6 Å². The topological polar surface area (TPSA) is 101 Å². The van der Waals surface area contributed by atoms with Crippen molar-refractivity contribution in [2.75, 3.05) is 19.8 Å². The van der Waals surface area contributed by atoms with E-state index >= 15 is 0 Å². The summed E-state index contributed by atoms with van der Waals surface area (Å²) in [4.78, 5) is 23.5. The Morgan fingerprint density at radius 3 is 2.95 bits per heavy atom. The van der Waals surface area contributed by atoms with Gasteiger partial charge in [0.25, 0.3) is 5.91 Å². The van der Waals surface area contributed by atoms with Gasteiger partial charge in [0.15, 0.2) is 5.76 Å². The highest BCUT2D eigenvalue weighted by Crippen LogP contribution is 2.16. The predicted molar refractivity (Wildman–Crippen MR) is 69.0 cm³/mol. The number of amides is 2. The van der Waals surface area contributed by atoms with E-state index < -0.39 is 17.6 Å². The molecule has 7 nitrogen and oxygen atoms in total. The molecule has 20 heavy (non-hydrogen) atoms. The molecule has 1 saturated heterocycles. The zero-order valence-electron chi connectivity index (χ0n) is 11.2. The van der Waals surface area contributed by atoms with Gasteiger partial charge in [0.05, 0.1) is 12.9 Å². The van der Waals surface area contributed by atoms with Gasteiger partial charge in [0, 0.05) is 19.6 Å². The van der Waals surface area contributed by atoms with Crippen LogP contribution in [0.4, 0.5) is 0 Å². The first-order chi connectivity index (χ1) is 9.50. The lowest BCUT2D eigenvalue weighted by Crippen LogP contribution is -2.50. The molecular weight excluding hydrogens is 264 g/mol. The summed E-state index contributed by atoms with van der Waals surface area (Å²) in [5.74, 6) is -0.682. The van der Waals surface area contributed by atoms with E-state index in [0.29, 0.717) is 13.0 Å². The fraction of sp³-hybridized carbons (Fsp3) is 0.538. The van der Waals surface area contributed by atoms with Crippen molar-refractivity contribution in [3.05, 3.63) is 24.2 Å². The van der Waals surface area contributed by atoms with Crippen LogP contribution >= 0.6 is 0 Å². The number of aliphatic hydroxyl groups is 1. The largest absolute Gasteiger partial charge is 0.459 e. The summed E-state index contributed by atoms with van der Waals surface area (Å²) in [6, 6.07) is 2.38. The number of furan rings is 1. The summed E-state index contributed by atoms with van der Waals surface area (Å²) in [6.07, 6.45) is 1.87. The monoisotopic (exact) mass is 282 g/mol. The normalized spacial score (nSPS) is 23.3. The second-order valence-electron chi connectivity index (χ2n) is 4.92. The van der Waals surface area contributed by atoms with Crippen molar-refractivity contribution >= 4 is 11.8 Å². The molecule has 2 rings (SSSR count). The van der Waals surface area contributed by atoms with Gasteiger partial charge in [0.1, 0.15) is 11.6 Å². The first-order valence-corrected chi connectivity index (χ1v) is 6.42. The molecule has 1 aromatic heterocycles. The average Bonchev–Trinajstić information content (AvgIpc) is 3.07. The van der Waals surface area contributed by atoms with E-state index in [2.05, 4.69) is 10.6 Å². The molecule has 1 aromatic rings. The van der Waals surface area contributed by atoms with Gasteiger partial charge in [0.2, 0.25) is 5.91 Å². The molecule has 0 bridgehead atoms. The van der Waals surface area contributed by atoms with Crippen LogP contribution in [0.2, 0.25) is 0 Å². The maximum Gasteiger partial charge on any atom is 0.287 e. The van der Waals surface area contributed by atoms with Crippen molar-refractivity contribution < 1.29 is 23.8 Å². The minimum Gasteiger partial charge on any atom is -0.459 e. The molecular formula is C13H18N2O5. The van der Waals surface area contributed by atoms with Gasteiger partial charge in [-0.3, -0.25) is 9.59 Å². The first kappa shape index (κ1) is 14.5. The number of ether oxygens (including phenoxy) is 1. The van der Waals surface area contributed by atoms with Crippen LogP contribution in [0, 0.1) is 0 Å². The van der Waals surface area contributed by atoms with Gasteiger partial charge in [-0.05, 0) is 19.1 Å². The highest BCUT2D eigenvalue weighted by Gasteiger charge is 2.33. The summed E-state index contributed by atoms with van der Waals surface area (Å²) in [5, 5.41) is 15.1. The van der Waals surface area contributed by atoms with Crippen LogP contribution in [0.5, 0.6) is 0 Å². The molecule has 110 valence electrons. The Balaban J connectivity index is 1.78. The van der Waals surface area contributed by atoms with E-state index in [1.807, 2.05) is 0 Å². The number of rotatable bonds is 5. The van der Waals surface area contributed by atoms with Crippen molar-refractivity contribution in [2.45, 2.75) is 25.0 Å². The zero-order valence-corrected chi connectivity index (χ0v) is 11.2. The van der Waals surface area contributed by atoms with Crippen molar-refractivity contribution in [3.63, 3.8) is 0 Å². The van der Waals surface area contributed by atoms with Crippen LogP contribution in [0.3, 0.4) is 0 Å². The van der Waals surface area contributed by atoms with Crippen molar-refractivity contribution in [1.29, 1.82) is 0 Å². The molecule has 7 heteroatoms. The Morgan fingerprint density at radius 2 is 2.35 bits per heavy atom. The van der Waals surface area contributed by atoms with E-state index in [4.69, 9.17) is 9.15 Å². The summed E-state index contributed by atoms with van der Waals surface area (Å²) >= 11 is 0. The van der Waals surface area contributed by atoms with E-state index in [-0.39, 0.29) is 24.8 Å². The van der Waals surface area contributed by atoms with Crippen molar-refractivity contribution in [2.24, 2.45) is 0 Å². The molecule has 2 heterocycles. The predicted octanol–water partition coefficient (Wildman–Crippen LogP) is -0.335. The maximum absolute atomic E-state index is 11.8. The Hall–Kier alpha value is -1.86. The van der Waals surface area contributed by atoms with E-state index in [0.717, 1.165) is 0 Å². The van der Waals surface area contributed by atoms with Gasteiger partial charge in [-0.2, -0.15) is 0 Å². The third-order valence-electron chi connectivity index (χ3n) is 3.16. The molecule has 1 aliphatic rings. The second kappa shape index (κ2) is 6.06. The minimum absolute atomic E-state index is 0.104. The van der Waals surface area contributed by atoms with Crippen LogP contribution in [0.15, 0.2) is 22.8 Å². The van der Waals surface area contributed by atoms with Crippen LogP contribution in [-0.2, 0) is 9.53 Å². The smallest absolute Gasteiger partial charge is 0.287 e. The summed E-state index contributed by atoms with van der Waals surface area (Å²) in [5.41, 5.74) is -1.01. The summed E-state index contributed by atoms with van der Waals surface area (Å²) in [7, 11) is 0. The number of carbonyl (C=O) groups excluding carboxylic acids is 2. The Bertz CT molecular complexity index is 465. The molecule has 3 N–H and O–H groups in total. The fourth-order valence-electron chi connectivity index (χ4n) is 1.88. The van der Waals surface area contributed by atoms with Gasteiger partial charge in [-0.25, -0.2) is 0 Å². The SMILES string of the molecule is CC(NC(=O)c1ccco1)C(=O)NCC1(O)CCOC1. The highest BCUT2D eigenvalue weighted by molar-refractivity contribution is 5.95. The molecule has 1 aliphatic heterocycles. The first-order valence-electron chi connectivity index (χ1n) is 6.42. The lowest BCUT2D eigenvalue weighted by Gasteiger charge is -2.22. The van der Waals surface area contributed by atoms with Gasteiger partial charge in [-0.15, -0.1) is 0 Å². The van der Waals surface area contributed by atoms with Gasteiger partial charge in [-0.1, -0.05) is 0 Å². The average molecular weight is 282 g/mol. The molecule has 0 aliphatic carbocycles. The van der Waals surface area contributed by atoms with Crippen LogP contribution in [-0.4, -0.2) is 48.3 Å². The third-order valence-corrected chi connectivity index (χ3v) is 3.16. The number of hydrogen-bond donors (Lipinski definition) is 3. The van der Waals surface area contributed by atoms with Crippen LogP contribution < -0.4 is 10.6 Å². The lowest BCUT2D eigenvalue weighted by atomic mass is 10.0. The maximum atomic E-state index is 11.8. The number of hydrogen-bond acceptors (Lipinski definition) is 5. The minimum atomic E-state index is -1.01. The fourth-order valence-corrected chi connectivity index (χ4v) is 1.88. The number of nitrogens with one attached hydrogen (secondary N) is 2. The summed E-state index contributed by atoms with van der Waals surface area (Å²) < 4.78 is 10.0. The highest BCUT2D eigenvalue weighted by atomic mass is 16.5. The molecule has 0 aromatic carbocycles. The number of carbonyl (C=O) groups is 2. The van der Waals surface area contributed by atoms with Crippen molar-refractivity contribution in [3.8, 4) is 0 Å². The Labute approximate surface area is 116 Å². The van der Waals surface area contributed by atoms with E-state index in [1.54, 1.807) is 13.0 Å². The molecule has 0 saturated carbocycles. The molecule has 2 amide bonds. The van der Waals surface area contributed by atoms with Gasteiger partial charge < -0.3 is 24.9 Å². The zero-order chi connectivity index (χ0) is 14.6. The van der Waals surface area contributed by atoms with E-state index in [1.165, 1.54) is 12.3 Å². The Morgan fingerprint density at radius 1 is 1.55 bits per heavy atom. The molecule has 0 spiro atoms. The molecule has 0 radical (unpaired) electrons. The van der Waals surface area contributed by atoms with Crippen LogP contribution in [0.1, 0.15) is 23.9 Å². The van der Waals surface area contributed by atoms with E-state index in [9.17, 15) is 14.7 Å². The molecule has 2 unspecified atom stereocenters. The molecule has 2 atom stereocenters.